The summed E-state index contributed by atoms with van der Waals surface area (Å²) in [5.74, 6) is 0.344. The first-order valence-electron chi connectivity index (χ1n) is 5.18. The van der Waals surface area contributed by atoms with E-state index in [1.807, 2.05) is 0 Å². The quantitative estimate of drug-likeness (QED) is 0.801. The lowest BCUT2D eigenvalue weighted by atomic mass is 10.3. The molecule has 1 aromatic rings. The van der Waals surface area contributed by atoms with E-state index in [0.717, 1.165) is 0 Å². The smallest absolute Gasteiger partial charge is 0.219 e. The zero-order chi connectivity index (χ0) is 12.8. The highest BCUT2D eigenvalue weighted by Gasteiger charge is 2.09. The third kappa shape index (κ3) is 4.36. The van der Waals surface area contributed by atoms with Crippen LogP contribution in [0.3, 0.4) is 0 Å². The van der Waals surface area contributed by atoms with E-state index in [4.69, 9.17) is 17.3 Å². The van der Waals surface area contributed by atoms with E-state index in [-0.39, 0.29) is 5.91 Å². The van der Waals surface area contributed by atoms with Crippen molar-refractivity contribution in [1.29, 1.82) is 0 Å². The highest BCUT2D eigenvalue weighted by Crippen LogP contribution is 2.22. The predicted octanol–water partition coefficient (Wildman–Crippen LogP) is 1.56. The molecule has 0 aliphatic rings. The first-order valence-corrected chi connectivity index (χ1v) is 6.88. The lowest BCUT2D eigenvalue weighted by Gasteiger charge is -2.05. The monoisotopic (exact) mass is 274 g/mol. The molecule has 0 radical (unpaired) electrons. The summed E-state index contributed by atoms with van der Waals surface area (Å²) in [6.07, 6.45) is 0.916. The zero-order valence-corrected chi connectivity index (χ0v) is 11.1. The lowest BCUT2D eigenvalue weighted by molar-refractivity contribution is -0.120. The standard InChI is InChI=1S/C11H15ClN2O2S/c1-14-11(15)3-2-6-17(16)10-7-8(13)4-5-9(10)12/h4-5,7H,2-3,6,13H2,1H3,(H,14,15). The molecule has 0 fully saturated rings. The fourth-order valence-electron chi connectivity index (χ4n) is 1.29. The van der Waals surface area contributed by atoms with Gasteiger partial charge in [0.25, 0.3) is 0 Å². The van der Waals surface area contributed by atoms with Crippen LogP contribution in [0.2, 0.25) is 5.02 Å². The van der Waals surface area contributed by atoms with Crippen LogP contribution in [0, 0.1) is 0 Å². The van der Waals surface area contributed by atoms with Crippen LogP contribution >= 0.6 is 11.6 Å². The van der Waals surface area contributed by atoms with Crippen LogP contribution in [0.5, 0.6) is 0 Å². The summed E-state index contributed by atoms with van der Waals surface area (Å²) in [4.78, 5) is 11.5. The number of rotatable bonds is 5. The van der Waals surface area contributed by atoms with Crippen LogP contribution < -0.4 is 11.1 Å². The van der Waals surface area contributed by atoms with Crippen LogP contribution in [0.1, 0.15) is 12.8 Å². The van der Waals surface area contributed by atoms with E-state index in [1.54, 1.807) is 25.2 Å². The second kappa shape index (κ2) is 6.61. The number of nitrogen functional groups attached to an aromatic ring is 1. The first-order chi connectivity index (χ1) is 8.04. The number of anilines is 1. The van der Waals surface area contributed by atoms with Crippen LogP contribution in [0.25, 0.3) is 0 Å². The molecule has 6 heteroatoms. The molecule has 0 aliphatic carbocycles. The number of amides is 1. The number of carbonyl (C=O) groups is 1. The van der Waals surface area contributed by atoms with Crippen molar-refractivity contribution in [3.63, 3.8) is 0 Å². The van der Waals surface area contributed by atoms with E-state index in [1.165, 1.54) is 0 Å². The molecule has 1 unspecified atom stereocenters. The maximum atomic E-state index is 11.9. The van der Waals surface area contributed by atoms with E-state index < -0.39 is 10.8 Å². The van der Waals surface area contributed by atoms with Gasteiger partial charge in [-0.1, -0.05) is 11.6 Å². The molecule has 3 N–H and O–H groups in total. The summed E-state index contributed by atoms with van der Waals surface area (Å²) in [5.41, 5.74) is 6.14. The number of halogens is 1. The van der Waals surface area contributed by atoms with Crippen LogP contribution in [-0.2, 0) is 15.6 Å². The predicted molar refractivity (Wildman–Crippen MR) is 70.4 cm³/mol. The second-order valence-electron chi connectivity index (χ2n) is 3.52. The van der Waals surface area contributed by atoms with Gasteiger partial charge in [0.2, 0.25) is 5.91 Å². The van der Waals surface area contributed by atoms with Crippen molar-refractivity contribution in [2.45, 2.75) is 17.7 Å². The van der Waals surface area contributed by atoms with Gasteiger partial charge in [-0.15, -0.1) is 0 Å². The summed E-state index contributed by atoms with van der Waals surface area (Å²) in [6.45, 7) is 0. The fourth-order valence-corrected chi connectivity index (χ4v) is 2.85. The number of carbonyl (C=O) groups excluding carboxylic acids is 1. The minimum atomic E-state index is -1.22. The second-order valence-corrected chi connectivity index (χ2v) is 5.46. The molecular formula is C11H15ClN2O2S. The van der Waals surface area contributed by atoms with Gasteiger partial charge >= 0.3 is 0 Å². The molecule has 1 amide bonds. The van der Waals surface area contributed by atoms with Crippen LogP contribution in [-0.4, -0.2) is 22.9 Å². The summed E-state index contributed by atoms with van der Waals surface area (Å²) < 4.78 is 11.9. The highest BCUT2D eigenvalue weighted by atomic mass is 35.5. The molecule has 1 atom stereocenters. The van der Waals surface area contributed by atoms with Crippen molar-refractivity contribution in [1.82, 2.24) is 5.32 Å². The topological polar surface area (TPSA) is 72.2 Å². The van der Waals surface area contributed by atoms with E-state index in [9.17, 15) is 9.00 Å². The van der Waals surface area contributed by atoms with Crippen molar-refractivity contribution in [3.8, 4) is 0 Å². The third-order valence-electron chi connectivity index (χ3n) is 2.21. The Morgan fingerprint density at radius 2 is 2.24 bits per heavy atom. The van der Waals surface area contributed by atoms with Crippen LogP contribution in [0.4, 0.5) is 5.69 Å². The Hall–Kier alpha value is -1.07. The number of nitrogens with two attached hydrogens (primary N) is 1. The molecule has 0 saturated heterocycles. The Kier molecular flexibility index (Phi) is 5.44. The van der Waals surface area contributed by atoms with Gasteiger partial charge < -0.3 is 11.1 Å². The van der Waals surface area contributed by atoms with Gasteiger partial charge in [0.1, 0.15) is 0 Å². The molecule has 17 heavy (non-hydrogen) atoms. The van der Waals surface area contributed by atoms with Crippen molar-refractivity contribution in [2.75, 3.05) is 18.5 Å². The lowest BCUT2D eigenvalue weighted by Crippen LogP contribution is -2.18. The SMILES string of the molecule is CNC(=O)CCCS(=O)c1cc(N)ccc1Cl. The van der Waals surface area contributed by atoms with E-state index in [0.29, 0.717) is 34.2 Å². The largest absolute Gasteiger partial charge is 0.399 e. The van der Waals surface area contributed by atoms with Crippen molar-refractivity contribution < 1.29 is 9.00 Å². The molecule has 1 rings (SSSR count). The molecule has 4 nitrogen and oxygen atoms in total. The van der Waals surface area contributed by atoms with E-state index in [2.05, 4.69) is 5.32 Å². The van der Waals surface area contributed by atoms with Crippen molar-refractivity contribution >= 4 is 34.0 Å². The maximum absolute atomic E-state index is 11.9. The van der Waals surface area contributed by atoms with Gasteiger partial charge in [-0.05, 0) is 24.6 Å². The Morgan fingerprint density at radius 1 is 1.53 bits per heavy atom. The Bertz CT molecular complexity index is 437. The number of benzene rings is 1. The zero-order valence-electron chi connectivity index (χ0n) is 9.53. The van der Waals surface area contributed by atoms with Gasteiger partial charge in [0.15, 0.2) is 0 Å². The minimum absolute atomic E-state index is 0.0549. The van der Waals surface area contributed by atoms with Gasteiger partial charge in [-0.3, -0.25) is 9.00 Å². The first kappa shape index (κ1) is 14.0. The fraction of sp³-hybridized carbons (Fsp3) is 0.364. The van der Waals surface area contributed by atoms with Crippen molar-refractivity contribution in [2.24, 2.45) is 0 Å². The minimum Gasteiger partial charge on any atom is -0.399 e. The maximum Gasteiger partial charge on any atom is 0.219 e. The molecule has 0 aliphatic heterocycles. The molecule has 1 aromatic carbocycles. The summed E-state index contributed by atoms with van der Waals surface area (Å²) in [5, 5.41) is 2.96. The molecule has 94 valence electrons. The number of nitrogens with one attached hydrogen (secondary N) is 1. The van der Waals surface area contributed by atoms with Gasteiger partial charge in [0.05, 0.1) is 20.7 Å². The van der Waals surface area contributed by atoms with Gasteiger partial charge in [0, 0.05) is 24.9 Å². The molecule has 0 saturated carbocycles. The van der Waals surface area contributed by atoms with Crippen LogP contribution in [0.15, 0.2) is 23.1 Å². The van der Waals surface area contributed by atoms with Crippen molar-refractivity contribution in [3.05, 3.63) is 23.2 Å². The molecule has 0 aromatic heterocycles. The Labute approximate surface area is 108 Å². The number of hydrogen-bond donors (Lipinski definition) is 2. The van der Waals surface area contributed by atoms with Gasteiger partial charge in [-0.2, -0.15) is 0 Å². The summed E-state index contributed by atoms with van der Waals surface area (Å²) in [7, 11) is 0.362. The normalized spacial score (nSPS) is 12.1. The molecule has 0 spiro atoms. The Balaban J connectivity index is 2.58. The Morgan fingerprint density at radius 3 is 2.88 bits per heavy atom. The van der Waals surface area contributed by atoms with Gasteiger partial charge in [-0.25, -0.2) is 0 Å². The average molecular weight is 275 g/mol. The third-order valence-corrected chi connectivity index (χ3v) is 4.14. The summed E-state index contributed by atoms with van der Waals surface area (Å²) >= 11 is 5.93. The molecule has 0 bridgehead atoms. The highest BCUT2D eigenvalue weighted by molar-refractivity contribution is 7.85. The summed E-state index contributed by atoms with van der Waals surface area (Å²) in [6, 6.07) is 4.90. The number of hydrogen-bond acceptors (Lipinski definition) is 3. The van der Waals surface area contributed by atoms with E-state index >= 15 is 0 Å². The molecule has 0 heterocycles. The average Bonchev–Trinajstić information content (AvgIpc) is 2.31. The molecular weight excluding hydrogens is 260 g/mol.